The maximum atomic E-state index is 12.7. The summed E-state index contributed by atoms with van der Waals surface area (Å²) in [5.74, 6) is 0.677. The molecule has 0 amide bonds. The van der Waals surface area contributed by atoms with E-state index in [2.05, 4.69) is 9.71 Å². The molecule has 136 valence electrons. The number of ether oxygens (including phenoxy) is 1. The van der Waals surface area contributed by atoms with Gasteiger partial charge in [0.2, 0.25) is 10.0 Å². The first-order valence-electron chi connectivity index (χ1n) is 8.13. The Bertz CT molecular complexity index is 995. The molecule has 0 bridgehead atoms. The highest BCUT2D eigenvalue weighted by Gasteiger charge is 2.19. The van der Waals surface area contributed by atoms with Gasteiger partial charge in [-0.05, 0) is 54.8 Å². The van der Waals surface area contributed by atoms with E-state index >= 15 is 0 Å². The Balaban J connectivity index is 1.75. The normalized spacial score (nSPS) is 11.5. The largest absolute Gasteiger partial charge is 0.496 e. The van der Waals surface area contributed by atoms with Crippen LogP contribution in [0.3, 0.4) is 0 Å². The van der Waals surface area contributed by atoms with E-state index in [1.165, 1.54) is 0 Å². The molecule has 26 heavy (non-hydrogen) atoms. The van der Waals surface area contributed by atoms with Crippen LogP contribution in [0.1, 0.15) is 16.7 Å². The lowest BCUT2D eigenvalue weighted by atomic mass is 10.1. The molecule has 0 saturated carbocycles. The van der Waals surface area contributed by atoms with Crippen molar-refractivity contribution in [2.24, 2.45) is 0 Å². The number of hydrogen-bond donors (Lipinski definition) is 1. The fraction of sp³-hybridized carbons (Fsp3) is 0.211. The minimum absolute atomic E-state index is 0.219. The molecule has 0 fully saturated rings. The number of methoxy groups -OCH3 is 1. The van der Waals surface area contributed by atoms with Gasteiger partial charge in [0.1, 0.15) is 5.75 Å². The van der Waals surface area contributed by atoms with Gasteiger partial charge in [-0.1, -0.05) is 12.1 Å². The van der Waals surface area contributed by atoms with E-state index in [1.54, 1.807) is 38.7 Å². The van der Waals surface area contributed by atoms with Gasteiger partial charge in [-0.25, -0.2) is 18.1 Å². The molecule has 3 rings (SSSR count). The van der Waals surface area contributed by atoms with Crippen molar-refractivity contribution >= 4 is 10.0 Å². The number of nitrogens with zero attached hydrogens (tertiary/aromatic N) is 2. The quantitative estimate of drug-likeness (QED) is 0.723. The van der Waals surface area contributed by atoms with Crippen LogP contribution in [0.2, 0.25) is 0 Å². The van der Waals surface area contributed by atoms with Crippen LogP contribution in [-0.2, 0) is 16.6 Å². The van der Waals surface area contributed by atoms with Crippen molar-refractivity contribution in [2.75, 3.05) is 7.11 Å². The van der Waals surface area contributed by atoms with E-state index in [9.17, 15) is 8.42 Å². The zero-order valence-corrected chi connectivity index (χ0v) is 15.7. The average Bonchev–Trinajstić information content (AvgIpc) is 3.17. The summed E-state index contributed by atoms with van der Waals surface area (Å²) in [6.07, 6.45) is 5.28. The molecule has 1 N–H and O–H groups in total. The minimum atomic E-state index is -3.61. The van der Waals surface area contributed by atoms with Crippen LogP contribution in [0, 0.1) is 13.8 Å². The van der Waals surface area contributed by atoms with E-state index in [1.807, 2.05) is 42.0 Å². The summed E-state index contributed by atoms with van der Waals surface area (Å²) in [5.41, 5.74) is 3.35. The smallest absolute Gasteiger partial charge is 0.241 e. The SMILES string of the molecule is COc1ccc(S(=O)(=O)NCc2ccc(-n3ccnc3)cc2)c(C)c1C. The Kier molecular flexibility index (Phi) is 5.11. The van der Waals surface area contributed by atoms with Crippen LogP contribution in [0.5, 0.6) is 5.75 Å². The first-order valence-corrected chi connectivity index (χ1v) is 9.62. The van der Waals surface area contributed by atoms with Gasteiger partial charge in [0.05, 0.1) is 18.3 Å². The summed E-state index contributed by atoms with van der Waals surface area (Å²) < 4.78 is 35.1. The summed E-state index contributed by atoms with van der Waals surface area (Å²) in [5, 5.41) is 0. The monoisotopic (exact) mass is 371 g/mol. The third-order valence-electron chi connectivity index (χ3n) is 4.40. The Hall–Kier alpha value is -2.64. The summed E-state index contributed by atoms with van der Waals surface area (Å²) in [6.45, 7) is 3.85. The first-order chi connectivity index (χ1) is 12.4. The van der Waals surface area contributed by atoms with Crippen LogP contribution >= 0.6 is 0 Å². The van der Waals surface area contributed by atoms with Gasteiger partial charge >= 0.3 is 0 Å². The number of rotatable bonds is 6. The van der Waals surface area contributed by atoms with Gasteiger partial charge in [-0.3, -0.25) is 0 Å². The predicted molar refractivity (Wildman–Crippen MR) is 100 cm³/mol. The number of imidazole rings is 1. The van der Waals surface area contributed by atoms with Crippen molar-refractivity contribution in [3.05, 3.63) is 71.8 Å². The second-order valence-electron chi connectivity index (χ2n) is 5.98. The first kappa shape index (κ1) is 18.2. The fourth-order valence-electron chi connectivity index (χ4n) is 2.74. The number of sulfonamides is 1. The summed E-state index contributed by atoms with van der Waals surface area (Å²) in [4.78, 5) is 4.28. The summed E-state index contributed by atoms with van der Waals surface area (Å²) in [6, 6.07) is 10.9. The van der Waals surface area contributed by atoms with Crippen molar-refractivity contribution in [3.8, 4) is 11.4 Å². The van der Waals surface area contributed by atoms with Crippen molar-refractivity contribution in [1.29, 1.82) is 0 Å². The van der Waals surface area contributed by atoms with Gasteiger partial charge in [-0.2, -0.15) is 0 Å². The molecule has 7 heteroatoms. The molecule has 6 nitrogen and oxygen atoms in total. The fourth-order valence-corrected chi connectivity index (χ4v) is 4.05. The molecule has 1 aromatic heterocycles. The van der Waals surface area contributed by atoms with Crippen LogP contribution in [0.4, 0.5) is 0 Å². The molecular weight excluding hydrogens is 350 g/mol. The zero-order valence-electron chi connectivity index (χ0n) is 14.9. The number of hydrogen-bond acceptors (Lipinski definition) is 4. The van der Waals surface area contributed by atoms with Crippen molar-refractivity contribution in [2.45, 2.75) is 25.3 Å². The number of benzene rings is 2. The third-order valence-corrected chi connectivity index (χ3v) is 5.95. The molecule has 0 atom stereocenters. The average molecular weight is 371 g/mol. The van der Waals surface area contributed by atoms with Gasteiger partial charge in [-0.15, -0.1) is 0 Å². The standard InChI is InChI=1S/C19H21N3O3S/c1-14-15(2)19(9-8-18(14)25-3)26(23,24)21-12-16-4-6-17(7-5-16)22-11-10-20-13-22/h4-11,13,21H,12H2,1-3H3. The van der Waals surface area contributed by atoms with Gasteiger partial charge in [0.15, 0.2) is 0 Å². The highest BCUT2D eigenvalue weighted by molar-refractivity contribution is 7.89. The number of nitrogens with one attached hydrogen (secondary N) is 1. The van der Waals surface area contributed by atoms with Crippen molar-refractivity contribution < 1.29 is 13.2 Å². The van der Waals surface area contributed by atoms with Crippen LogP contribution in [0.15, 0.2) is 60.0 Å². The molecule has 0 aliphatic carbocycles. The van der Waals surface area contributed by atoms with E-state index in [0.717, 1.165) is 16.8 Å². The molecule has 3 aromatic rings. The van der Waals surface area contributed by atoms with Crippen LogP contribution < -0.4 is 9.46 Å². The topological polar surface area (TPSA) is 73.2 Å². The highest BCUT2D eigenvalue weighted by atomic mass is 32.2. The molecule has 0 unspecified atom stereocenters. The lowest BCUT2D eigenvalue weighted by Gasteiger charge is -2.14. The van der Waals surface area contributed by atoms with E-state index in [4.69, 9.17) is 4.74 Å². The Labute approximate surface area is 153 Å². The third kappa shape index (κ3) is 3.63. The molecule has 0 radical (unpaired) electrons. The zero-order chi connectivity index (χ0) is 18.7. The van der Waals surface area contributed by atoms with Gasteiger partial charge < -0.3 is 9.30 Å². The second-order valence-corrected chi connectivity index (χ2v) is 7.71. The molecule has 0 saturated heterocycles. The Morgan fingerprint density at radius 3 is 2.42 bits per heavy atom. The van der Waals surface area contributed by atoms with Gasteiger partial charge in [0, 0.05) is 24.6 Å². The highest BCUT2D eigenvalue weighted by Crippen LogP contribution is 2.26. The van der Waals surface area contributed by atoms with Gasteiger partial charge in [0.25, 0.3) is 0 Å². The maximum absolute atomic E-state index is 12.7. The van der Waals surface area contributed by atoms with Crippen molar-refractivity contribution in [1.82, 2.24) is 14.3 Å². The summed E-state index contributed by atoms with van der Waals surface area (Å²) >= 11 is 0. The molecule has 0 aliphatic heterocycles. The lowest BCUT2D eigenvalue weighted by Crippen LogP contribution is -2.24. The maximum Gasteiger partial charge on any atom is 0.241 e. The molecule has 0 aliphatic rings. The van der Waals surface area contributed by atoms with E-state index in [0.29, 0.717) is 11.3 Å². The van der Waals surface area contributed by atoms with Crippen LogP contribution in [0.25, 0.3) is 5.69 Å². The number of aromatic nitrogens is 2. The Morgan fingerprint density at radius 1 is 1.08 bits per heavy atom. The molecule has 2 aromatic carbocycles. The Morgan fingerprint density at radius 2 is 1.81 bits per heavy atom. The molecule has 1 heterocycles. The summed E-state index contributed by atoms with van der Waals surface area (Å²) in [7, 11) is -2.04. The lowest BCUT2D eigenvalue weighted by molar-refractivity contribution is 0.410. The molecule has 0 spiro atoms. The van der Waals surface area contributed by atoms with E-state index < -0.39 is 10.0 Å². The molecular formula is C19H21N3O3S. The second kappa shape index (κ2) is 7.31. The van der Waals surface area contributed by atoms with E-state index in [-0.39, 0.29) is 11.4 Å². The minimum Gasteiger partial charge on any atom is -0.496 e. The van der Waals surface area contributed by atoms with Crippen molar-refractivity contribution in [3.63, 3.8) is 0 Å². The predicted octanol–water partition coefficient (Wildman–Crippen LogP) is 2.98. The van der Waals surface area contributed by atoms with Crippen LogP contribution in [-0.4, -0.2) is 25.1 Å².